The Bertz CT molecular complexity index is 716. The molecule has 1 N–H and O–H groups in total. The van der Waals surface area contributed by atoms with E-state index < -0.39 is 0 Å². The van der Waals surface area contributed by atoms with E-state index in [1.807, 2.05) is 61.8 Å². The summed E-state index contributed by atoms with van der Waals surface area (Å²) in [6, 6.07) is 7.83. The van der Waals surface area contributed by atoms with Crippen LogP contribution >= 0.6 is 0 Å². The molecular weight excluding hydrogens is 312 g/mol. The molecule has 1 heterocycles. The first kappa shape index (κ1) is 19.2. The molecule has 0 aliphatic rings. The van der Waals surface area contributed by atoms with Gasteiger partial charge >= 0.3 is 0 Å². The van der Waals surface area contributed by atoms with Crippen LogP contribution in [0.15, 0.2) is 24.3 Å². The van der Waals surface area contributed by atoms with E-state index in [-0.39, 0.29) is 11.9 Å². The summed E-state index contributed by atoms with van der Waals surface area (Å²) in [5, 5.41) is 7.68. The van der Waals surface area contributed by atoms with Crippen LogP contribution in [0.3, 0.4) is 0 Å². The fraction of sp³-hybridized carbons (Fsp3) is 0.500. The van der Waals surface area contributed by atoms with Gasteiger partial charge in [-0.05, 0) is 46.9 Å². The average Bonchev–Trinajstić information content (AvgIpc) is 2.81. The summed E-state index contributed by atoms with van der Waals surface area (Å²) in [6.45, 7) is 9.68. The van der Waals surface area contributed by atoms with Crippen LogP contribution in [-0.2, 0) is 17.9 Å². The molecular formula is C20H30N4O. The molecule has 0 aliphatic heterocycles. The summed E-state index contributed by atoms with van der Waals surface area (Å²) in [6.07, 6.45) is 1.05. The lowest BCUT2D eigenvalue weighted by Gasteiger charge is -2.24. The van der Waals surface area contributed by atoms with E-state index in [2.05, 4.69) is 24.3 Å². The summed E-state index contributed by atoms with van der Waals surface area (Å²) in [5.41, 5.74) is 5.43. The van der Waals surface area contributed by atoms with Crippen molar-refractivity contribution >= 4 is 5.91 Å². The predicted molar refractivity (Wildman–Crippen MR) is 101 cm³/mol. The molecule has 0 fully saturated rings. The van der Waals surface area contributed by atoms with Crippen molar-refractivity contribution in [2.45, 2.75) is 53.2 Å². The second kappa shape index (κ2) is 8.30. The van der Waals surface area contributed by atoms with E-state index in [1.165, 1.54) is 5.56 Å². The molecule has 2 aromatic rings. The van der Waals surface area contributed by atoms with Gasteiger partial charge in [0.15, 0.2) is 0 Å². The Kier molecular flexibility index (Phi) is 6.37. The van der Waals surface area contributed by atoms with Gasteiger partial charge in [0.25, 0.3) is 0 Å². The van der Waals surface area contributed by atoms with Gasteiger partial charge in [-0.2, -0.15) is 5.10 Å². The minimum atomic E-state index is -0.299. The van der Waals surface area contributed by atoms with Crippen molar-refractivity contribution in [2.75, 3.05) is 14.1 Å². The van der Waals surface area contributed by atoms with Crippen molar-refractivity contribution in [3.05, 3.63) is 52.3 Å². The standard InChI is InChI=1S/C20H30N4O/c1-7-12-24-16(4)18(15(3)22-24)13-21-20(25)19(23(5)6)17-10-8-14(2)9-11-17/h8-11,19H,7,12-13H2,1-6H3,(H,21,25)/t19-/m1/s1. The molecule has 0 spiro atoms. The number of carbonyl (C=O) groups is 1. The minimum Gasteiger partial charge on any atom is -0.350 e. The van der Waals surface area contributed by atoms with Crippen molar-refractivity contribution in [3.63, 3.8) is 0 Å². The Morgan fingerprint density at radius 3 is 2.40 bits per heavy atom. The molecule has 0 bridgehead atoms. The highest BCUT2D eigenvalue weighted by Crippen LogP contribution is 2.20. The molecule has 25 heavy (non-hydrogen) atoms. The Hall–Kier alpha value is -2.14. The number of rotatable bonds is 7. The summed E-state index contributed by atoms with van der Waals surface area (Å²) in [5.74, 6) is 0.0101. The number of aryl methyl sites for hydroxylation is 3. The molecule has 5 heteroatoms. The fourth-order valence-electron chi connectivity index (χ4n) is 3.12. The fourth-order valence-corrected chi connectivity index (χ4v) is 3.12. The van der Waals surface area contributed by atoms with Gasteiger partial charge in [-0.1, -0.05) is 36.8 Å². The molecule has 5 nitrogen and oxygen atoms in total. The first-order chi connectivity index (χ1) is 11.8. The normalized spacial score (nSPS) is 12.4. The molecule has 1 aromatic heterocycles. The SMILES string of the molecule is CCCn1nc(C)c(CNC(=O)[C@@H](c2ccc(C)cc2)N(C)C)c1C. The van der Waals surface area contributed by atoms with Crippen LogP contribution < -0.4 is 5.32 Å². The van der Waals surface area contributed by atoms with E-state index in [9.17, 15) is 4.79 Å². The van der Waals surface area contributed by atoms with Crippen molar-refractivity contribution in [3.8, 4) is 0 Å². The number of aromatic nitrogens is 2. The zero-order valence-electron chi connectivity index (χ0n) is 16.3. The van der Waals surface area contributed by atoms with Crippen LogP contribution in [0.4, 0.5) is 0 Å². The van der Waals surface area contributed by atoms with Gasteiger partial charge in [0.05, 0.1) is 5.69 Å². The lowest BCUT2D eigenvalue weighted by atomic mass is 10.0. The quantitative estimate of drug-likeness (QED) is 0.841. The van der Waals surface area contributed by atoms with Gasteiger partial charge < -0.3 is 5.32 Å². The number of nitrogens with zero attached hydrogens (tertiary/aromatic N) is 3. The van der Waals surface area contributed by atoms with Crippen LogP contribution in [0.2, 0.25) is 0 Å². The molecule has 136 valence electrons. The Morgan fingerprint density at radius 1 is 1.20 bits per heavy atom. The Morgan fingerprint density at radius 2 is 1.84 bits per heavy atom. The second-order valence-corrected chi connectivity index (χ2v) is 6.87. The van der Waals surface area contributed by atoms with E-state index in [4.69, 9.17) is 0 Å². The number of hydrogen-bond acceptors (Lipinski definition) is 3. The van der Waals surface area contributed by atoms with Gasteiger partial charge in [0.2, 0.25) is 5.91 Å². The number of carbonyl (C=O) groups excluding carboxylic acids is 1. The zero-order valence-corrected chi connectivity index (χ0v) is 16.3. The van der Waals surface area contributed by atoms with Crippen LogP contribution in [0, 0.1) is 20.8 Å². The monoisotopic (exact) mass is 342 g/mol. The van der Waals surface area contributed by atoms with Crippen LogP contribution in [-0.4, -0.2) is 34.7 Å². The van der Waals surface area contributed by atoms with Crippen LogP contribution in [0.25, 0.3) is 0 Å². The van der Waals surface area contributed by atoms with Crippen molar-refractivity contribution in [2.24, 2.45) is 0 Å². The maximum Gasteiger partial charge on any atom is 0.242 e. The van der Waals surface area contributed by atoms with Crippen LogP contribution in [0.1, 0.15) is 47.5 Å². The summed E-state index contributed by atoms with van der Waals surface area (Å²) in [4.78, 5) is 14.8. The lowest BCUT2D eigenvalue weighted by Crippen LogP contribution is -2.36. The number of amides is 1. The largest absolute Gasteiger partial charge is 0.350 e. The van der Waals surface area contributed by atoms with E-state index >= 15 is 0 Å². The Balaban J connectivity index is 2.13. The maximum absolute atomic E-state index is 12.8. The van der Waals surface area contributed by atoms with Gasteiger partial charge in [-0.3, -0.25) is 14.4 Å². The number of benzene rings is 1. The van der Waals surface area contributed by atoms with Crippen molar-refractivity contribution in [1.82, 2.24) is 20.0 Å². The second-order valence-electron chi connectivity index (χ2n) is 6.87. The third-order valence-corrected chi connectivity index (χ3v) is 4.56. The zero-order chi connectivity index (χ0) is 18.6. The van der Waals surface area contributed by atoms with Crippen LogP contribution in [0.5, 0.6) is 0 Å². The third-order valence-electron chi connectivity index (χ3n) is 4.56. The summed E-state index contributed by atoms with van der Waals surface area (Å²) >= 11 is 0. The van der Waals surface area contributed by atoms with Crippen molar-refractivity contribution in [1.29, 1.82) is 0 Å². The average molecular weight is 342 g/mol. The molecule has 0 radical (unpaired) electrons. The highest BCUT2D eigenvalue weighted by molar-refractivity contribution is 5.83. The number of nitrogens with one attached hydrogen (secondary N) is 1. The van der Waals surface area contributed by atoms with Crippen molar-refractivity contribution < 1.29 is 4.79 Å². The molecule has 0 aliphatic carbocycles. The topological polar surface area (TPSA) is 50.2 Å². The first-order valence-electron chi connectivity index (χ1n) is 8.88. The number of hydrogen-bond donors (Lipinski definition) is 1. The maximum atomic E-state index is 12.8. The molecule has 1 aromatic carbocycles. The summed E-state index contributed by atoms with van der Waals surface area (Å²) < 4.78 is 2.03. The minimum absolute atomic E-state index is 0.0101. The summed E-state index contributed by atoms with van der Waals surface area (Å²) in [7, 11) is 3.86. The molecule has 2 rings (SSSR count). The third kappa shape index (κ3) is 4.48. The molecule has 1 atom stereocenters. The van der Waals surface area contributed by atoms with Gasteiger partial charge in [-0.25, -0.2) is 0 Å². The molecule has 0 unspecified atom stereocenters. The van der Waals surface area contributed by atoms with E-state index in [0.717, 1.165) is 35.5 Å². The molecule has 1 amide bonds. The predicted octanol–water partition coefficient (Wildman–Crippen LogP) is 3.14. The number of likely N-dealkylation sites (N-methyl/N-ethyl adjacent to an activating group) is 1. The van der Waals surface area contributed by atoms with E-state index in [1.54, 1.807) is 0 Å². The highest BCUT2D eigenvalue weighted by Gasteiger charge is 2.23. The highest BCUT2D eigenvalue weighted by atomic mass is 16.2. The smallest absolute Gasteiger partial charge is 0.242 e. The van der Waals surface area contributed by atoms with E-state index in [0.29, 0.717) is 6.54 Å². The van der Waals surface area contributed by atoms with Gasteiger partial charge in [0.1, 0.15) is 6.04 Å². The van der Waals surface area contributed by atoms with Gasteiger partial charge in [0, 0.05) is 24.3 Å². The lowest BCUT2D eigenvalue weighted by molar-refractivity contribution is -0.125. The molecule has 0 saturated carbocycles. The van der Waals surface area contributed by atoms with Gasteiger partial charge in [-0.15, -0.1) is 0 Å². The molecule has 0 saturated heterocycles. The Labute approximate surface area is 151 Å². The first-order valence-corrected chi connectivity index (χ1v) is 8.88.